The molecule has 1 saturated carbocycles. The molecule has 0 spiro atoms. The van der Waals surface area contributed by atoms with Gasteiger partial charge in [0, 0.05) is 31.2 Å². The summed E-state index contributed by atoms with van der Waals surface area (Å²) in [6, 6.07) is 0.669. The van der Waals surface area contributed by atoms with Crippen LogP contribution in [0.5, 0.6) is 0 Å². The zero-order chi connectivity index (χ0) is 15.4. The molecule has 0 aliphatic heterocycles. The molecule has 0 amide bonds. The SMILES string of the molecule is CCC(CC)(CNC(C)(C)C)CN(CC1CC1)C(C)C. The highest BCUT2D eigenvalue weighted by atomic mass is 15.2. The fraction of sp³-hybridized carbons (Fsp3) is 1.00. The van der Waals surface area contributed by atoms with Crippen LogP contribution in [0.25, 0.3) is 0 Å². The van der Waals surface area contributed by atoms with Crippen LogP contribution in [0.15, 0.2) is 0 Å². The number of hydrogen-bond donors (Lipinski definition) is 1. The molecule has 0 aromatic rings. The van der Waals surface area contributed by atoms with Crippen molar-refractivity contribution in [1.82, 2.24) is 10.2 Å². The average Bonchev–Trinajstić information content (AvgIpc) is 3.16. The zero-order valence-corrected chi connectivity index (χ0v) is 15.1. The maximum atomic E-state index is 3.75. The van der Waals surface area contributed by atoms with Crippen molar-refractivity contribution in [3.05, 3.63) is 0 Å². The molecule has 0 bridgehead atoms. The molecule has 0 heterocycles. The Bertz CT molecular complexity index is 270. The highest BCUT2D eigenvalue weighted by Crippen LogP contribution is 2.33. The lowest BCUT2D eigenvalue weighted by Gasteiger charge is -2.41. The first-order valence-corrected chi connectivity index (χ1v) is 8.70. The molecule has 20 heavy (non-hydrogen) atoms. The minimum absolute atomic E-state index is 0.217. The van der Waals surface area contributed by atoms with Crippen molar-refractivity contribution in [2.75, 3.05) is 19.6 Å². The second kappa shape index (κ2) is 7.26. The Morgan fingerprint density at radius 1 is 1.10 bits per heavy atom. The quantitative estimate of drug-likeness (QED) is 0.678. The zero-order valence-electron chi connectivity index (χ0n) is 15.1. The van der Waals surface area contributed by atoms with Gasteiger partial charge in [-0.15, -0.1) is 0 Å². The third kappa shape index (κ3) is 6.13. The largest absolute Gasteiger partial charge is 0.311 e. The molecule has 1 aliphatic rings. The maximum Gasteiger partial charge on any atom is 0.00967 e. The van der Waals surface area contributed by atoms with Gasteiger partial charge in [0.15, 0.2) is 0 Å². The van der Waals surface area contributed by atoms with E-state index >= 15 is 0 Å². The summed E-state index contributed by atoms with van der Waals surface area (Å²) >= 11 is 0. The topological polar surface area (TPSA) is 15.3 Å². The first kappa shape index (κ1) is 18.0. The molecule has 120 valence electrons. The molecule has 0 aromatic carbocycles. The van der Waals surface area contributed by atoms with Crippen LogP contribution in [0.2, 0.25) is 0 Å². The van der Waals surface area contributed by atoms with E-state index in [2.05, 4.69) is 58.7 Å². The second-order valence-electron chi connectivity index (χ2n) is 8.28. The van der Waals surface area contributed by atoms with E-state index in [0.29, 0.717) is 11.5 Å². The Morgan fingerprint density at radius 2 is 1.65 bits per heavy atom. The summed E-state index contributed by atoms with van der Waals surface area (Å²) in [7, 11) is 0. The van der Waals surface area contributed by atoms with Gasteiger partial charge in [0.2, 0.25) is 0 Å². The molecular weight excluding hydrogens is 244 g/mol. The maximum absolute atomic E-state index is 3.75. The molecule has 1 fully saturated rings. The van der Waals surface area contributed by atoms with E-state index in [9.17, 15) is 0 Å². The Balaban J connectivity index is 2.65. The van der Waals surface area contributed by atoms with Gasteiger partial charge in [0.1, 0.15) is 0 Å². The van der Waals surface area contributed by atoms with Gasteiger partial charge in [0.05, 0.1) is 0 Å². The lowest BCUT2D eigenvalue weighted by atomic mass is 9.80. The van der Waals surface area contributed by atoms with Crippen molar-refractivity contribution in [1.29, 1.82) is 0 Å². The van der Waals surface area contributed by atoms with E-state index in [1.165, 1.54) is 38.8 Å². The van der Waals surface area contributed by atoms with Gasteiger partial charge in [-0.25, -0.2) is 0 Å². The fourth-order valence-electron chi connectivity index (χ4n) is 2.75. The predicted molar refractivity (Wildman–Crippen MR) is 90.2 cm³/mol. The molecule has 1 N–H and O–H groups in total. The fourth-order valence-corrected chi connectivity index (χ4v) is 2.75. The van der Waals surface area contributed by atoms with Crippen LogP contribution in [-0.4, -0.2) is 36.1 Å². The molecule has 2 nitrogen and oxygen atoms in total. The third-order valence-electron chi connectivity index (χ3n) is 4.95. The number of rotatable bonds is 9. The van der Waals surface area contributed by atoms with Crippen molar-refractivity contribution in [2.24, 2.45) is 11.3 Å². The van der Waals surface area contributed by atoms with Crippen LogP contribution in [0.4, 0.5) is 0 Å². The van der Waals surface area contributed by atoms with E-state index in [-0.39, 0.29) is 5.54 Å². The summed E-state index contributed by atoms with van der Waals surface area (Å²) in [6.45, 7) is 20.0. The first-order valence-electron chi connectivity index (χ1n) is 8.70. The molecule has 2 heteroatoms. The van der Waals surface area contributed by atoms with Crippen LogP contribution < -0.4 is 5.32 Å². The smallest absolute Gasteiger partial charge is 0.00967 e. The Labute approximate surface area is 127 Å². The lowest BCUT2D eigenvalue weighted by Crippen LogP contribution is -2.50. The summed E-state index contributed by atoms with van der Waals surface area (Å²) in [6.07, 6.45) is 5.43. The Hall–Kier alpha value is -0.0800. The molecular formula is C18H38N2. The lowest BCUT2D eigenvalue weighted by molar-refractivity contribution is 0.0993. The monoisotopic (exact) mass is 282 g/mol. The molecule has 0 atom stereocenters. The van der Waals surface area contributed by atoms with Crippen molar-refractivity contribution in [3.8, 4) is 0 Å². The van der Waals surface area contributed by atoms with Crippen molar-refractivity contribution < 1.29 is 0 Å². The number of hydrogen-bond acceptors (Lipinski definition) is 2. The van der Waals surface area contributed by atoms with Gasteiger partial charge in [-0.05, 0) is 71.6 Å². The minimum Gasteiger partial charge on any atom is -0.311 e. The minimum atomic E-state index is 0.217. The van der Waals surface area contributed by atoms with Gasteiger partial charge < -0.3 is 10.2 Å². The van der Waals surface area contributed by atoms with E-state index in [0.717, 1.165) is 12.5 Å². The van der Waals surface area contributed by atoms with E-state index in [1.807, 2.05) is 0 Å². The van der Waals surface area contributed by atoms with Crippen LogP contribution in [0.1, 0.15) is 74.1 Å². The van der Waals surface area contributed by atoms with Crippen molar-refractivity contribution in [2.45, 2.75) is 85.7 Å². The average molecular weight is 283 g/mol. The van der Waals surface area contributed by atoms with Gasteiger partial charge >= 0.3 is 0 Å². The predicted octanol–water partition coefficient (Wildman–Crippen LogP) is 4.30. The first-order chi connectivity index (χ1) is 9.21. The van der Waals surface area contributed by atoms with Gasteiger partial charge in [-0.2, -0.15) is 0 Å². The van der Waals surface area contributed by atoms with Gasteiger partial charge in [0.25, 0.3) is 0 Å². The molecule has 0 aromatic heterocycles. The highest BCUT2D eigenvalue weighted by Gasteiger charge is 2.33. The number of nitrogens with zero attached hydrogens (tertiary/aromatic N) is 1. The summed E-state index contributed by atoms with van der Waals surface area (Å²) in [5.74, 6) is 0.986. The van der Waals surface area contributed by atoms with E-state index in [4.69, 9.17) is 0 Å². The molecule has 1 aliphatic carbocycles. The van der Waals surface area contributed by atoms with Crippen LogP contribution >= 0.6 is 0 Å². The molecule has 1 rings (SSSR count). The second-order valence-corrected chi connectivity index (χ2v) is 8.28. The summed E-state index contributed by atoms with van der Waals surface area (Å²) in [4.78, 5) is 2.73. The van der Waals surface area contributed by atoms with Gasteiger partial charge in [-0.1, -0.05) is 13.8 Å². The summed E-state index contributed by atoms with van der Waals surface area (Å²) < 4.78 is 0. The van der Waals surface area contributed by atoms with Crippen molar-refractivity contribution in [3.63, 3.8) is 0 Å². The summed E-state index contributed by atoms with van der Waals surface area (Å²) in [5, 5.41) is 3.75. The van der Waals surface area contributed by atoms with Gasteiger partial charge in [-0.3, -0.25) is 0 Å². The van der Waals surface area contributed by atoms with Crippen LogP contribution in [0.3, 0.4) is 0 Å². The van der Waals surface area contributed by atoms with E-state index in [1.54, 1.807) is 0 Å². The van der Waals surface area contributed by atoms with Crippen LogP contribution in [0, 0.1) is 11.3 Å². The normalized spacial score (nSPS) is 17.2. The summed E-state index contributed by atoms with van der Waals surface area (Å²) in [5.41, 5.74) is 0.640. The van der Waals surface area contributed by atoms with E-state index < -0.39 is 0 Å². The standard InChI is InChI=1S/C18H38N2/c1-8-18(9-2,13-19-17(5,6)7)14-20(15(3)4)12-16-10-11-16/h15-16,19H,8-14H2,1-7H3. The molecule has 0 radical (unpaired) electrons. The molecule has 0 unspecified atom stereocenters. The Morgan fingerprint density at radius 3 is 2.00 bits per heavy atom. The molecule has 0 saturated heterocycles. The highest BCUT2D eigenvalue weighted by molar-refractivity contribution is 4.88. The third-order valence-corrected chi connectivity index (χ3v) is 4.95. The number of nitrogens with one attached hydrogen (secondary N) is 1. The Kier molecular flexibility index (Phi) is 6.53. The van der Waals surface area contributed by atoms with Crippen molar-refractivity contribution >= 4 is 0 Å². The van der Waals surface area contributed by atoms with Crippen LogP contribution in [-0.2, 0) is 0 Å².